The van der Waals surface area contributed by atoms with Crippen molar-refractivity contribution in [1.29, 1.82) is 0 Å². The number of benzene rings is 2. The number of aryl methyl sites for hydroxylation is 2. The summed E-state index contributed by atoms with van der Waals surface area (Å²) in [5.74, 6) is 2.45. The molecule has 0 fully saturated rings. The standard InChI is InChI=1S/C22H24O5S2/c1-17(2)22(13-15-28(23,24)20-9-5-18(3)6-10-20)27-14-16-29(25,26)21-11-7-19(4)8-12-21/h5-12,14,16-17,22H,1-4H3/b16-14+. The zero-order valence-corrected chi connectivity index (χ0v) is 18.4. The molecular weight excluding hydrogens is 408 g/mol. The molecule has 0 bridgehead atoms. The van der Waals surface area contributed by atoms with Crippen LogP contribution < -0.4 is 0 Å². The Labute approximate surface area is 173 Å². The summed E-state index contributed by atoms with van der Waals surface area (Å²) in [6.45, 7) is 7.34. The van der Waals surface area contributed by atoms with Crippen molar-refractivity contribution in [2.75, 3.05) is 0 Å². The van der Waals surface area contributed by atoms with Gasteiger partial charge >= 0.3 is 0 Å². The molecule has 154 valence electrons. The summed E-state index contributed by atoms with van der Waals surface area (Å²) in [5, 5.41) is 3.22. The van der Waals surface area contributed by atoms with Crippen LogP contribution in [0.1, 0.15) is 25.0 Å². The Morgan fingerprint density at radius 1 is 0.828 bits per heavy atom. The predicted molar refractivity (Wildman–Crippen MR) is 113 cm³/mol. The van der Waals surface area contributed by atoms with Crippen LogP contribution in [-0.4, -0.2) is 22.9 Å². The Balaban J connectivity index is 2.17. The summed E-state index contributed by atoms with van der Waals surface area (Å²) in [7, 11) is -7.45. The zero-order chi connectivity index (χ0) is 21.7. The fraction of sp³-hybridized carbons (Fsp3) is 0.273. The van der Waals surface area contributed by atoms with Crippen molar-refractivity contribution in [3.8, 4) is 11.2 Å². The van der Waals surface area contributed by atoms with Crippen molar-refractivity contribution in [3.63, 3.8) is 0 Å². The molecule has 1 unspecified atom stereocenters. The third-order valence-corrected chi connectivity index (χ3v) is 6.76. The summed E-state index contributed by atoms with van der Waals surface area (Å²) < 4.78 is 54.8. The van der Waals surface area contributed by atoms with Crippen molar-refractivity contribution in [3.05, 3.63) is 71.3 Å². The number of sulfone groups is 2. The molecule has 0 aromatic heterocycles. The van der Waals surface area contributed by atoms with Crippen molar-refractivity contribution in [2.45, 2.75) is 43.6 Å². The molecule has 1 atom stereocenters. The van der Waals surface area contributed by atoms with Crippen LogP contribution in [0.25, 0.3) is 0 Å². The lowest BCUT2D eigenvalue weighted by Gasteiger charge is -2.14. The van der Waals surface area contributed by atoms with Gasteiger partial charge in [0, 0.05) is 11.2 Å². The average Bonchev–Trinajstić information content (AvgIpc) is 2.65. The summed E-state index contributed by atoms with van der Waals surface area (Å²) in [6, 6.07) is 12.8. The minimum absolute atomic E-state index is 0.107. The van der Waals surface area contributed by atoms with Gasteiger partial charge in [-0.15, -0.1) is 0 Å². The van der Waals surface area contributed by atoms with Gasteiger partial charge in [-0.1, -0.05) is 49.2 Å². The second kappa shape index (κ2) is 9.29. The minimum atomic E-state index is -3.79. The van der Waals surface area contributed by atoms with Crippen LogP contribution >= 0.6 is 0 Å². The first-order valence-corrected chi connectivity index (χ1v) is 12.0. The van der Waals surface area contributed by atoms with E-state index in [1.165, 1.54) is 24.3 Å². The van der Waals surface area contributed by atoms with Gasteiger partial charge in [0.05, 0.1) is 21.5 Å². The lowest BCUT2D eigenvalue weighted by Crippen LogP contribution is -2.15. The van der Waals surface area contributed by atoms with Crippen LogP contribution in [0.5, 0.6) is 0 Å². The van der Waals surface area contributed by atoms with Crippen LogP contribution in [0.15, 0.2) is 70.0 Å². The molecule has 0 radical (unpaired) electrons. The van der Waals surface area contributed by atoms with Crippen LogP contribution in [-0.2, 0) is 24.4 Å². The van der Waals surface area contributed by atoms with E-state index in [1.807, 2.05) is 13.8 Å². The second-order valence-corrected chi connectivity index (χ2v) is 10.5. The monoisotopic (exact) mass is 432 g/mol. The van der Waals surface area contributed by atoms with E-state index in [4.69, 9.17) is 4.74 Å². The number of rotatable bonds is 6. The molecule has 0 aliphatic rings. The quantitative estimate of drug-likeness (QED) is 0.391. The van der Waals surface area contributed by atoms with Gasteiger partial charge in [-0.3, -0.25) is 0 Å². The van der Waals surface area contributed by atoms with Gasteiger partial charge < -0.3 is 4.74 Å². The predicted octanol–water partition coefficient (Wildman–Crippen LogP) is 4.02. The average molecular weight is 433 g/mol. The zero-order valence-electron chi connectivity index (χ0n) is 16.8. The largest absolute Gasteiger partial charge is 0.484 e. The highest BCUT2D eigenvalue weighted by Crippen LogP contribution is 2.15. The summed E-state index contributed by atoms with van der Waals surface area (Å²) in [5.41, 5.74) is 1.90. The van der Waals surface area contributed by atoms with Crippen molar-refractivity contribution in [2.24, 2.45) is 5.92 Å². The van der Waals surface area contributed by atoms with Crippen molar-refractivity contribution in [1.82, 2.24) is 0 Å². The summed E-state index contributed by atoms with van der Waals surface area (Å²) in [4.78, 5) is 0.257. The number of hydrogen-bond donors (Lipinski definition) is 0. The Morgan fingerprint density at radius 2 is 1.31 bits per heavy atom. The molecule has 0 aliphatic heterocycles. The molecular formula is C22H24O5S2. The first-order chi connectivity index (χ1) is 13.5. The molecule has 0 heterocycles. The lowest BCUT2D eigenvalue weighted by atomic mass is 10.1. The molecule has 2 aromatic rings. The maximum atomic E-state index is 12.4. The third kappa shape index (κ3) is 6.48. The molecule has 29 heavy (non-hydrogen) atoms. The van der Waals surface area contributed by atoms with Gasteiger partial charge in [-0.2, -0.15) is 0 Å². The SMILES string of the molecule is Cc1ccc(S(=O)(=O)C#CC(O/C=C/S(=O)(=O)c2ccc(C)cc2)C(C)C)cc1. The molecule has 0 N–H and O–H groups in total. The first kappa shape index (κ1) is 22.7. The van der Waals surface area contributed by atoms with Crippen LogP contribution in [0.2, 0.25) is 0 Å². The second-order valence-electron chi connectivity index (χ2n) is 6.99. The molecule has 0 saturated carbocycles. The minimum Gasteiger partial charge on any atom is -0.484 e. The van der Waals surface area contributed by atoms with E-state index in [0.717, 1.165) is 22.8 Å². The first-order valence-electron chi connectivity index (χ1n) is 8.99. The molecule has 2 aromatic carbocycles. The number of ether oxygens (including phenoxy) is 1. The fourth-order valence-electron chi connectivity index (χ4n) is 2.27. The molecule has 0 amide bonds. The van der Waals surface area contributed by atoms with Gasteiger partial charge in [0.1, 0.15) is 0 Å². The Morgan fingerprint density at radius 3 is 1.79 bits per heavy atom. The van der Waals surface area contributed by atoms with E-state index >= 15 is 0 Å². The molecule has 0 saturated heterocycles. The van der Waals surface area contributed by atoms with E-state index in [0.29, 0.717) is 0 Å². The molecule has 0 aliphatic carbocycles. The van der Waals surface area contributed by atoms with E-state index < -0.39 is 25.8 Å². The van der Waals surface area contributed by atoms with Gasteiger partial charge in [-0.05, 0) is 44.0 Å². The van der Waals surface area contributed by atoms with Gasteiger partial charge in [0.2, 0.25) is 19.7 Å². The molecule has 0 spiro atoms. The summed E-state index contributed by atoms with van der Waals surface area (Å²) >= 11 is 0. The maximum absolute atomic E-state index is 12.4. The molecule has 7 heteroatoms. The topological polar surface area (TPSA) is 77.5 Å². The Bertz CT molecular complexity index is 1130. The Kier molecular flexibility index (Phi) is 7.28. The molecule has 5 nitrogen and oxygen atoms in total. The van der Waals surface area contributed by atoms with Crippen molar-refractivity contribution >= 4 is 19.7 Å². The maximum Gasteiger partial charge on any atom is 0.245 e. The van der Waals surface area contributed by atoms with Crippen LogP contribution in [0, 0.1) is 30.9 Å². The highest BCUT2D eigenvalue weighted by molar-refractivity contribution is 7.96. The third-order valence-electron chi connectivity index (χ3n) is 4.08. The van der Waals surface area contributed by atoms with Gasteiger partial charge in [-0.25, -0.2) is 16.8 Å². The normalized spacial score (nSPS) is 13.1. The van der Waals surface area contributed by atoms with Gasteiger partial charge in [0.25, 0.3) is 0 Å². The van der Waals surface area contributed by atoms with Crippen molar-refractivity contribution < 1.29 is 21.6 Å². The highest BCUT2D eigenvalue weighted by atomic mass is 32.2. The lowest BCUT2D eigenvalue weighted by molar-refractivity contribution is 0.152. The van der Waals surface area contributed by atoms with Gasteiger partial charge in [0.15, 0.2) is 6.10 Å². The van der Waals surface area contributed by atoms with E-state index in [-0.39, 0.29) is 15.7 Å². The smallest absolute Gasteiger partial charge is 0.245 e. The Hall–Kier alpha value is -2.56. The summed E-state index contributed by atoms with van der Waals surface area (Å²) in [6.07, 6.45) is 0.271. The fourth-order valence-corrected chi connectivity index (χ4v) is 4.03. The molecule has 2 rings (SSSR count). The van der Waals surface area contributed by atoms with E-state index in [9.17, 15) is 16.8 Å². The van der Waals surface area contributed by atoms with E-state index in [1.54, 1.807) is 38.1 Å². The van der Waals surface area contributed by atoms with E-state index in [2.05, 4.69) is 11.2 Å². The number of hydrogen-bond acceptors (Lipinski definition) is 5. The highest BCUT2D eigenvalue weighted by Gasteiger charge is 2.15. The van der Waals surface area contributed by atoms with Crippen LogP contribution in [0.4, 0.5) is 0 Å². The van der Waals surface area contributed by atoms with Crippen LogP contribution in [0.3, 0.4) is 0 Å².